The van der Waals surface area contributed by atoms with E-state index in [1.165, 1.54) is 10.7 Å². The molecule has 0 unspecified atom stereocenters. The van der Waals surface area contributed by atoms with Gasteiger partial charge in [0.1, 0.15) is 5.69 Å². The molecule has 0 aliphatic rings. The molecule has 0 N–H and O–H groups in total. The van der Waals surface area contributed by atoms with Crippen molar-refractivity contribution in [3.8, 4) is 23.0 Å². The summed E-state index contributed by atoms with van der Waals surface area (Å²) in [6.07, 6.45) is 1.71. The number of halogens is 1. The van der Waals surface area contributed by atoms with Crippen molar-refractivity contribution in [3.05, 3.63) is 93.5 Å². The number of nitriles is 1. The molecule has 2 aromatic heterocycles. The molecule has 4 aromatic rings. The zero-order chi connectivity index (χ0) is 19.5. The average Bonchev–Trinajstić information content (AvgIpc) is 3.19. The summed E-state index contributed by atoms with van der Waals surface area (Å²) < 4.78 is 2.90. The molecule has 4 rings (SSSR count). The van der Waals surface area contributed by atoms with E-state index >= 15 is 0 Å². The third kappa shape index (κ3) is 3.68. The van der Waals surface area contributed by atoms with Crippen LogP contribution in [0.1, 0.15) is 11.3 Å². The SMILES string of the molecule is N#Cc1cccc(-n2cc(Cn3nc(-c4ccc(Cl)cc4)ccc3=O)nn2)c1. The third-order valence-electron chi connectivity index (χ3n) is 4.10. The van der Waals surface area contributed by atoms with Crippen molar-refractivity contribution in [1.29, 1.82) is 5.26 Å². The van der Waals surface area contributed by atoms with Crippen molar-refractivity contribution >= 4 is 11.6 Å². The number of nitrogens with zero attached hydrogens (tertiary/aromatic N) is 6. The number of aromatic nitrogens is 5. The van der Waals surface area contributed by atoms with E-state index in [1.807, 2.05) is 18.2 Å². The monoisotopic (exact) mass is 388 g/mol. The second-order valence-electron chi connectivity index (χ2n) is 6.04. The Kier molecular flexibility index (Phi) is 4.70. The normalized spacial score (nSPS) is 10.6. The van der Waals surface area contributed by atoms with Gasteiger partial charge < -0.3 is 0 Å². The van der Waals surface area contributed by atoms with Crippen molar-refractivity contribution in [2.24, 2.45) is 0 Å². The molecule has 8 heteroatoms. The van der Waals surface area contributed by atoms with Crippen molar-refractivity contribution in [2.75, 3.05) is 0 Å². The Labute approximate surface area is 165 Å². The Bertz CT molecular complexity index is 1240. The molecule has 0 spiro atoms. The summed E-state index contributed by atoms with van der Waals surface area (Å²) in [5, 5.41) is 22.3. The minimum Gasteiger partial charge on any atom is -0.268 e. The summed E-state index contributed by atoms with van der Waals surface area (Å²) in [4.78, 5) is 12.2. The molecule has 0 atom stereocenters. The number of hydrogen-bond acceptors (Lipinski definition) is 5. The van der Waals surface area contributed by atoms with Crippen LogP contribution in [0, 0.1) is 11.3 Å². The Morgan fingerprint density at radius 2 is 1.89 bits per heavy atom. The van der Waals surface area contributed by atoms with Crippen LogP contribution >= 0.6 is 11.6 Å². The van der Waals surface area contributed by atoms with E-state index < -0.39 is 0 Å². The number of rotatable bonds is 4. The van der Waals surface area contributed by atoms with Gasteiger partial charge in [-0.3, -0.25) is 4.79 Å². The first kappa shape index (κ1) is 17.6. The van der Waals surface area contributed by atoms with Gasteiger partial charge >= 0.3 is 0 Å². The molecule has 2 heterocycles. The molecular formula is C20H13ClN6O. The van der Waals surface area contributed by atoms with Crippen LogP contribution in [-0.2, 0) is 6.54 Å². The second-order valence-corrected chi connectivity index (χ2v) is 6.47. The van der Waals surface area contributed by atoms with Crippen LogP contribution in [0.25, 0.3) is 16.9 Å². The van der Waals surface area contributed by atoms with E-state index in [4.69, 9.17) is 16.9 Å². The van der Waals surface area contributed by atoms with Gasteiger partial charge in [0.2, 0.25) is 0 Å². The van der Waals surface area contributed by atoms with Gasteiger partial charge in [-0.2, -0.15) is 10.4 Å². The quantitative estimate of drug-likeness (QED) is 0.536. The molecule has 0 saturated heterocycles. The molecule has 0 aliphatic carbocycles. The predicted molar refractivity (Wildman–Crippen MR) is 104 cm³/mol. The highest BCUT2D eigenvalue weighted by atomic mass is 35.5. The van der Waals surface area contributed by atoms with Crippen LogP contribution in [0.3, 0.4) is 0 Å². The van der Waals surface area contributed by atoms with Gasteiger partial charge in [0, 0.05) is 16.7 Å². The minimum absolute atomic E-state index is 0.179. The zero-order valence-corrected chi connectivity index (χ0v) is 15.3. The van der Waals surface area contributed by atoms with Crippen LogP contribution in [0.5, 0.6) is 0 Å². The van der Waals surface area contributed by atoms with Crippen molar-refractivity contribution in [3.63, 3.8) is 0 Å². The Hall–Kier alpha value is -3.76. The molecule has 0 radical (unpaired) electrons. The fourth-order valence-electron chi connectivity index (χ4n) is 2.71. The maximum Gasteiger partial charge on any atom is 0.267 e. The van der Waals surface area contributed by atoms with Gasteiger partial charge in [-0.05, 0) is 36.4 Å². The van der Waals surface area contributed by atoms with Crippen LogP contribution in [0.2, 0.25) is 5.02 Å². The first-order valence-corrected chi connectivity index (χ1v) is 8.76. The first-order chi connectivity index (χ1) is 13.6. The van der Waals surface area contributed by atoms with Crippen LogP contribution in [-0.4, -0.2) is 24.8 Å². The highest BCUT2D eigenvalue weighted by Crippen LogP contribution is 2.18. The predicted octanol–water partition coefficient (Wildman–Crippen LogP) is 3.06. The van der Waals surface area contributed by atoms with E-state index in [2.05, 4.69) is 21.5 Å². The van der Waals surface area contributed by atoms with E-state index in [-0.39, 0.29) is 12.1 Å². The highest BCUT2D eigenvalue weighted by molar-refractivity contribution is 6.30. The van der Waals surface area contributed by atoms with Gasteiger partial charge in [-0.25, -0.2) is 9.36 Å². The van der Waals surface area contributed by atoms with E-state index in [0.717, 1.165) is 5.56 Å². The second kappa shape index (κ2) is 7.47. The van der Waals surface area contributed by atoms with Crippen LogP contribution in [0.4, 0.5) is 0 Å². The Morgan fingerprint density at radius 3 is 2.68 bits per heavy atom. The lowest BCUT2D eigenvalue weighted by atomic mass is 10.1. The number of benzene rings is 2. The topological polar surface area (TPSA) is 89.4 Å². The standard InChI is InChI=1S/C20H13ClN6O/c21-16-6-4-15(5-7-16)19-8-9-20(28)27(24-19)13-17-12-26(25-23-17)18-3-1-2-14(10-18)11-22/h1-10,12H,13H2. The first-order valence-electron chi connectivity index (χ1n) is 8.38. The molecule has 2 aromatic carbocycles. The molecule has 0 fully saturated rings. The van der Waals surface area contributed by atoms with Crippen LogP contribution < -0.4 is 5.56 Å². The Morgan fingerprint density at radius 1 is 1.07 bits per heavy atom. The number of hydrogen-bond donors (Lipinski definition) is 0. The van der Waals surface area contributed by atoms with Crippen LogP contribution in [0.15, 0.2) is 71.7 Å². The molecule has 0 saturated carbocycles. The molecule has 28 heavy (non-hydrogen) atoms. The van der Waals surface area contributed by atoms with Crippen molar-refractivity contribution in [1.82, 2.24) is 24.8 Å². The third-order valence-corrected chi connectivity index (χ3v) is 4.35. The fraction of sp³-hybridized carbons (Fsp3) is 0.0500. The summed E-state index contributed by atoms with van der Waals surface area (Å²) >= 11 is 5.92. The maximum absolute atomic E-state index is 12.2. The summed E-state index contributed by atoms with van der Waals surface area (Å²) in [6.45, 7) is 0.179. The molecule has 136 valence electrons. The smallest absolute Gasteiger partial charge is 0.267 e. The van der Waals surface area contributed by atoms with Gasteiger partial charge in [-0.15, -0.1) is 5.10 Å². The largest absolute Gasteiger partial charge is 0.268 e. The molecular weight excluding hydrogens is 376 g/mol. The Balaban J connectivity index is 1.62. The van der Waals surface area contributed by atoms with Gasteiger partial charge in [-0.1, -0.05) is 35.0 Å². The highest BCUT2D eigenvalue weighted by Gasteiger charge is 2.08. The van der Waals surface area contributed by atoms with Gasteiger partial charge in [0.05, 0.1) is 35.8 Å². The average molecular weight is 389 g/mol. The zero-order valence-electron chi connectivity index (χ0n) is 14.5. The lowest BCUT2D eigenvalue weighted by Crippen LogP contribution is -2.23. The summed E-state index contributed by atoms with van der Waals surface area (Å²) in [5.74, 6) is 0. The minimum atomic E-state index is -0.237. The summed E-state index contributed by atoms with van der Waals surface area (Å²) in [7, 11) is 0. The van der Waals surface area contributed by atoms with Gasteiger partial charge in [0.25, 0.3) is 5.56 Å². The lowest BCUT2D eigenvalue weighted by Gasteiger charge is -2.05. The molecule has 0 bridgehead atoms. The van der Waals surface area contributed by atoms with E-state index in [0.29, 0.717) is 27.7 Å². The van der Waals surface area contributed by atoms with Crippen molar-refractivity contribution < 1.29 is 0 Å². The summed E-state index contributed by atoms with van der Waals surface area (Å²) in [5.41, 5.74) is 3.10. The molecule has 7 nitrogen and oxygen atoms in total. The van der Waals surface area contributed by atoms with Crippen molar-refractivity contribution in [2.45, 2.75) is 6.54 Å². The lowest BCUT2D eigenvalue weighted by molar-refractivity contribution is 0.629. The fourth-order valence-corrected chi connectivity index (χ4v) is 2.83. The van der Waals surface area contributed by atoms with Gasteiger partial charge in [0.15, 0.2) is 0 Å². The maximum atomic E-state index is 12.2. The van der Waals surface area contributed by atoms with E-state index in [1.54, 1.807) is 47.3 Å². The molecule has 0 amide bonds. The molecule has 0 aliphatic heterocycles. The van der Waals surface area contributed by atoms with E-state index in [9.17, 15) is 4.79 Å². The summed E-state index contributed by atoms with van der Waals surface area (Å²) in [6, 6.07) is 19.5.